The molecule has 0 unspecified atom stereocenters. The minimum absolute atomic E-state index is 0.392. The van der Waals surface area contributed by atoms with Crippen molar-refractivity contribution in [1.29, 1.82) is 0 Å². The van der Waals surface area contributed by atoms with E-state index in [-0.39, 0.29) is 0 Å². The van der Waals surface area contributed by atoms with Crippen molar-refractivity contribution in [3.05, 3.63) is 34.6 Å². The van der Waals surface area contributed by atoms with Crippen LogP contribution in [0.4, 0.5) is 11.5 Å². The second-order valence-electron chi connectivity index (χ2n) is 4.41. The lowest BCUT2D eigenvalue weighted by Gasteiger charge is -2.06. The molecule has 0 atom stereocenters. The number of hydrogen-bond donors (Lipinski definition) is 1. The van der Waals surface area contributed by atoms with E-state index in [1.54, 1.807) is 4.40 Å². The largest absolute Gasteiger partial charge is 0.337 e. The summed E-state index contributed by atoms with van der Waals surface area (Å²) in [6.07, 6.45) is 0. The molecule has 3 aromatic heterocycles. The molecule has 21 heavy (non-hydrogen) atoms. The van der Waals surface area contributed by atoms with E-state index in [0.29, 0.717) is 28.6 Å². The van der Waals surface area contributed by atoms with E-state index >= 15 is 0 Å². The second-order valence-corrected chi connectivity index (χ2v) is 5.33. The van der Waals surface area contributed by atoms with Crippen LogP contribution in [0.15, 0.2) is 33.4 Å². The number of fused-ring (bicyclic) bond motifs is 3. The maximum Gasteiger partial charge on any atom is 0.244 e. The molecule has 9 heteroatoms. The summed E-state index contributed by atoms with van der Waals surface area (Å²) in [7, 11) is 0. The van der Waals surface area contributed by atoms with Crippen LogP contribution in [0, 0.1) is 6.92 Å². The van der Waals surface area contributed by atoms with Crippen molar-refractivity contribution >= 4 is 44.4 Å². The molecule has 0 aliphatic carbocycles. The van der Waals surface area contributed by atoms with Crippen LogP contribution in [0.1, 0.15) is 5.82 Å². The van der Waals surface area contributed by atoms with Gasteiger partial charge in [0.2, 0.25) is 16.9 Å². The summed E-state index contributed by atoms with van der Waals surface area (Å²) < 4.78 is 7.46. The van der Waals surface area contributed by atoms with Gasteiger partial charge >= 0.3 is 0 Å². The number of anilines is 2. The zero-order valence-corrected chi connectivity index (χ0v) is 12.4. The zero-order chi connectivity index (χ0) is 14.4. The Bertz CT molecular complexity index is 961. The van der Waals surface area contributed by atoms with Gasteiger partial charge in [0, 0.05) is 10.2 Å². The standard InChI is InChI=1S/C12H8BrN7O/c1-6-16-17-11-9(14-8-4-2-3-7(13)5-8)15-10-12(20(6)11)19-21-18-10/h2-5H,1H3,(H,14,15,18). The second kappa shape index (κ2) is 4.48. The molecule has 104 valence electrons. The molecule has 0 fully saturated rings. The van der Waals surface area contributed by atoms with Crippen LogP contribution in [-0.4, -0.2) is 29.9 Å². The first kappa shape index (κ1) is 12.2. The minimum Gasteiger partial charge on any atom is -0.337 e. The Balaban J connectivity index is 1.94. The lowest BCUT2D eigenvalue weighted by atomic mass is 10.3. The normalized spacial score (nSPS) is 11.3. The SMILES string of the molecule is Cc1nnc2c(Nc3cccc(Br)c3)nc3nonc3n12. The third-order valence-electron chi connectivity index (χ3n) is 3.01. The molecule has 0 saturated heterocycles. The van der Waals surface area contributed by atoms with Crippen molar-refractivity contribution in [2.75, 3.05) is 5.32 Å². The fourth-order valence-electron chi connectivity index (χ4n) is 2.10. The topological polar surface area (TPSA) is 94.0 Å². The van der Waals surface area contributed by atoms with E-state index in [1.165, 1.54) is 0 Å². The van der Waals surface area contributed by atoms with Gasteiger partial charge in [-0.3, -0.25) is 4.40 Å². The molecule has 8 nitrogen and oxygen atoms in total. The Labute approximate surface area is 126 Å². The Morgan fingerprint density at radius 2 is 2.10 bits per heavy atom. The molecular formula is C12H8BrN7O. The molecule has 0 aliphatic rings. The lowest BCUT2D eigenvalue weighted by molar-refractivity contribution is 0.313. The monoisotopic (exact) mass is 345 g/mol. The van der Waals surface area contributed by atoms with Crippen molar-refractivity contribution in [2.24, 2.45) is 0 Å². The molecule has 3 heterocycles. The van der Waals surface area contributed by atoms with Gasteiger partial charge in [-0.2, -0.15) is 0 Å². The fourth-order valence-corrected chi connectivity index (χ4v) is 2.50. The first-order chi connectivity index (χ1) is 10.2. The Kier molecular flexibility index (Phi) is 2.61. The molecule has 0 bridgehead atoms. The predicted octanol–water partition coefficient (Wildman–Crippen LogP) is 2.48. The maximum absolute atomic E-state index is 4.75. The predicted molar refractivity (Wildman–Crippen MR) is 78.3 cm³/mol. The molecule has 0 radical (unpaired) electrons. The van der Waals surface area contributed by atoms with Crippen molar-refractivity contribution in [3.8, 4) is 0 Å². The highest BCUT2D eigenvalue weighted by atomic mass is 79.9. The van der Waals surface area contributed by atoms with Crippen molar-refractivity contribution in [1.82, 2.24) is 29.9 Å². The molecule has 0 saturated carbocycles. The van der Waals surface area contributed by atoms with Gasteiger partial charge in [0.1, 0.15) is 5.82 Å². The number of benzene rings is 1. The van der Waals surface area contributed by atoms with Crippen LogP contribution in [0.25, 0.3) is 16.9 Å². The average molecular weight is 346 g/mol. The van der Waals surface area contributed by atoms with E-state index in [9.17, 15) is 0 Å². The number of rotatable bonds is 2. The number of nitrogens with one attached hydrogen (secondary N) is 1. The van der Waals surface area contributed by atoms with Gasteiger partial charge in [-0.25, -0.2) is 9.61 Å². The summed E-state index contributed by atoms with van der Waals surface area (Å²) >= 11 is 3.43. The van der Waals surface area contributed by atoms with E-state index < -0.39 is 0 Å². The molecule has 0 aliphatic heterocycles. The molecule has 4 rings (SSSR count). The van der Waals surface area contributed by atoms with Crippen LogP contribution >= 0.6 is 15.9 Å². The fraction of sp³-hybridized carbons (Fsp3) is 0.0833. The highest BCUT2D eigenvalue weighted by molar-refractivity contribution is 9.10. The van der Waals surface area contributed by atoms with Crippen molar-refractivity contribution < 1.29 is 4.63 Å². The zero-order valence-electron chi connectivity index (χ0n) is 10.8. The van der Waals surface area contributed by atoms with Crippen LogP contribution < -0.4 is 5.32 Å². The number of nitrogens with zero attached hydrogens (tertiary/aromatic N) is 6. The first-order valence-corrected chi connectivity index (χ1v) is 6.88. The van der Waals surface area contributed by atoms with E-state index in [4.69, 9.17) is 4.63 Å². The number of halogens is 1. The number of aryl methyl sites for hydroxylation is 1. The molecule has 4 aromatic rings. The Morgan fingerprint density at radius 3 is 2.95 bits per heavy atom. The summed E-state index contributed by atoms with van der Waals surface area (Å²) in [6, 6.07) is 7.74. The van der Waals surface area contributed by atoms with Gasteiger partial charge in [0.25, 0.3) is 0 Å². The summed E-state index contributed by atoms with van der Waals surface area (Å²) in [6.45, 7) is 1.83. The van der Waals surface area contributed by atoms with E-state index in [2.05, 4.69) is 46.7 Å². The van der Waals surface area contributed by atoms with Crippen LogP contribution in [0.2, 0.25) is 0 Å². The van der Waals surface area contributed by atoms with Gasteiger partial charge in [0.15, 0.2) is 5.82 Å². The molecule has 1 N–H and O–H groups in total. The van der Waals surface area contributed by atoms with Gasteiger partial charge < -0.3 is 5.32 Å². The first-order valence-electron chi connectivity index (χ1n) is 6.09. The number of hydrogen-bond acceptors (Lipinski definition) is 7. The summed E-state index contributed by atoms with van der Waals surface area (Å²) in [4.78, 5) is 4.38. The van der Waals surface area contributed by atoms with Crippen molar-refractivity contribution in [2.45, 2.75) is 6.92 Å². The highest BCUT2D eigenvalue weighted by Crippen LogP contribution is 2.24. The smallest absolute Gasteiger partial charge is 0.244 e. The maximum atomic E-state index is 4.75. The Hall–Kier alpha value is -2.55. The summed E-state index contributed by atoms with van der Waals surface area (Å²) in [5, 5.41) is 19.0. The van der Waals surface area contributed by atoms with Crippen LogP contribution in [-0.2, 0) is 0 Å². The highest BCUT2D eigenvalue weighted by Gasteiger charge is 2.16. The molecular weight excluding hydrogens is 338 g/mol. The van der Waals surface area contributed by atoms with Gasteiger partial charge in [-0.15, -0.1) is 10.2 Å². The van der Waals surface area contributed by atoms with Gasteiger partial charge in [-0.05, 0) is 35.4 Å². The van der Waals surface area contributed by atoms with Gasteiger partial charge in [-0.1, -0.05) is 22.0 Å². The quantitative estimate of drug-likeness (QED) is 0.596. The van der Waals surface area contributed by atoms with Gasteiger partial charge in [0.05, 0.1) is 0 Å². The minimum atomic E-state index is 0.392. The molecule has 0 amide bonds. The summed E-state index contributed by atoms with van der Waals surface area (Å²) in [5.74, 6) is 1.22. The third-order valence-corrected chi connectivity index (χ3v) is 3.50. The van der Waals surface area contributed by atoms with Crippen molar-refractivity contribution in [3.63, 3.8) is 0 Å². The summed E-state index contributed by atoms with van der Waals surface area (Å²) in [5.41, 5.74) is 2.32. The van der Waals surface area contributed by atoms with Crippen LogP contribution in [0.5, 0.6) is 0 Å². The van der Waals surface area contributed by atoms with Crippen LogP contribution in [0.3, 0.4) is 0 Å². The molecule has 0 spiro atoms. The van der Waals surface area contributed by atoms with E-state index in [1.807, 2.05) is 31.2 Å². The average Bonchev–Trinajstić information content (AvgIpc) is 3.05. The number of aromatic nitrogens is 6. The lowest BCUT2D eigenvalue weighted by Crippen LogP contribution is -2.01. The molecule has 1 aromatic carbocycles. The third kappa shape index (κ3) is 1.93. The Morgan fingerprint density at radius 1 is 1.19 bits per heavy atom. The van der Waals surface area contributed by atoms with E-state index in [0.717, 1.165) is 10.2 Å².